The van der Waals surface area contributed by atoms with Crippen LogP contribution in [0.5, 0.6) is 0 Å². The van der Waals surface area contributed by atoms with Crippen molar-refractivity contribution in [3.05, 3.63) is 212 Å². The molecule has 13 rings (SSSR count). The summed E-state index contributed by atoms with van der Waals surface area (Å²) >= 11 is 1.86. The number of nitrogens with zero attached hydrogens (tertiary/aromatic N) is 5. The van der Waals surface area contributed by atoms with Gasteiger partial charge in [-0.15, -0.1) is 11.3 Å². The predicted molar refractivity (Wildman–Crippen MR) is 263 cm³/mol. The van der Waals surface area contributed by atoms with Crippen LogP contribution in [-0.4, -0.2) is 24.1 Å². The first kappa shape index (κ1) is 35.6. The molecule has 0 bridgehead atoms. The van der Waals surface area contributed by atoms with Crippen molar-refractivity contribution in [2.75, 3.05) is 0 Å². The molecule has 0 saturated heterocycles. The van der Waals surface area contributed by atoms with Gasteiger partial charge >= 0.3 is 0 Å². The molecule has 0 atom stereocenters. The summed E-state index contributed by atoms with van der Waals surface area (Å²) in [6.45, 7) is 0. The molecule has 0 aliphatic heterocycles. The Balaban J connectivity index is 0.902. The van der Waals surface area contributed by atoms with Gasteiger partial charge in [0.05, 0.1) is 22.1 Å². The molecule has 4 aromatic heterocycles. The number of rotatable bonds is 6. The van der Waals surface area contributed by atoms with Gasteiger partial charge in [0.25, 0.3) is 0 Å². The molecule has 0 unspecified atom stereocenters. The summed E-state index contributed by atoms with van der Waals surface area (Å²) in [7, 11) is 0. The molecule has 63 heavy (non-hydrogen) atoms. The normalized spacial score (nSPS) is 11.8. The summed E-state index contributed by atoms with van der Waals surface area (Å²) in [5.41, 5.74) is 12.2. The second-order valence-electron chi connectivity index (χ2n) is 16.0. The molecule has 0 saturated carbocycles. The van der Waals surface area contributed by atoms with Crippen molar-refractivity contribution in [3.63, 3.8) is 0 Å². The van der Waals surface area contributed by atoms with E-state index in [1.807, 2.05) is 72.0 Å². The number of fused-ring (bicyclic) bond motifs is 9. The van der Waals surface area contributed by atoms with Crippen LogP contribution in [0.1, 0.15) is 0 Å². The lowest BCUT2D eigenvalue weighted by atomic mass is 10.0. The van der Waals surface area contributed by atoms with E-state index in [0.717, 1.165) is 33.4 Å². The van der Waals surface area contributed by atoms with E-state index in [-0.39, 0.29) is 0 Å². The van der Waals surface area contributed by atoms with Gasteiger partial charge in [0.1, 0.15) is 0 Å². The number of aromatic nitrogens is 5. The van der Waals surface area contributed by atoms with Crippen LogP contribution in [0.15, 0.2) is 212 Å². The maximum absolute atomic E-state index is 4.97. The molecule has 0 amide bonds. The minimum atomic E-state index is 0.637. The van der Waals surface area contributed by atoms with Gasteiger partial charge in [0.2, 0.25) is 0 Å². The Kier molecular flexibility index (Phi) is 8.01. The average Bonchev–Trinajstić information content (AvgIpc) is 4.01. The molecule has 0 N–H and O–H groups in total. The zero-order valence-electron chi connectivity index (χ0n) is 33.9. The third-order valence-electron chi connectivity index (χ3n) is 12.4. The zero-order chi connectivity index (χ0) is 41.4. The second kappa shape index (κ2) is 14.2. The van der Waals surface area contributed by atoms with Crippen molar-refractivity contribution in [2.45, 2.75) is 0 Å². The van der Waals surface area contributed by atoms with Gasteiger partial charge in [-0.2, -0.15) is 0 Å². The molecule has 6 heteroatoms. The zero-order valence-corrected chi connectivity index (χ0v) is 34.7. The quantitative estimate of drug-likeness (QED) is 0.168. The summed E-state index contributed by atoms with van der Waals surface area (Å²) in [5, 5.41) is 7.53. The van der Waals surface area contributed by atoms with Gasteiger partial charge in [0.15, 0.2) is 17.5 Å². The molecule has 9 aromatic carbocycles. The molecule has 0 spiro atoms. The third-order valence-corrected chi connectivity index (χ3v) is 13.5. The first-order valence-electron chi connectivity index (χ1n) is 21.2. The molecule has 294 valence electrons. The molecule has 0 fully saturated rings. The molecular formula is C57H35N5S. The fourth-order valence-electron chi connectivity index (χ4n) is 9.41. The SMILES string of the molecule is c1ccc(-c2nc(-c3ccccc3)nc(-c3ccc(-n4c5ccccc5c5cc(-c6ccc7c(c6)c6ccccc6n7-c6ccc7sc8ccccc8c7c6)ccc54)cc3)n2)cc1. The fourth-order valence-corrected chi connectivity index (χ4v) is 10.5. The Hall–Kier alpha value is -8.19. The molecule has 5 nitrogen and oxygen atoms in total. The topological polar surface area (TPSA) is 48.5 Å². The van der Waals surface area contributed by atoms with Crippen molar-refractivity contribution < 1.29 is 0 Å². The van der Waals surface area contributed by atoms with Crippen LogP contribution in [0.4, 0.5) is 0 Å². The highest BCUT2D eigenvalue weighted by molar-refractivity contribution is 7.25. The average molecular weight is 822 g/mol. The van der Waals surface area contributed by atoms with E-state index < -0.39 is 0 Å². The van der Waals surface area contributed by atoms with E-state index in [1.54, 1.807) is 0 Å². The Morgan fingerprint density at radius 1 is 0.270 bits per heavy atom. The first-order chi connectivity index (χ1) is 31.2. The van der Waals surface area contributed by atoms with Gasteiger partial charge in [-0.25, -0.2) is 15.0 Å². The van der Waals surface area contributed by atoms with Gasteiger partial charge in [0, 0.05) is 69.8 Å². The van der Waals surface area contributed by atoms with Crippen molar-refractivity contribution in [3.8, 4) is 56.7 Å². The number of hydrogen-bond donors (Lipinski definition) is 0. The minimum Gasteiger partial charge on any atom is -0.309 e. The Labute approximate surface area is 366 Å². The van der Waals surface area contributed by atoms with Crippen molar-refractivity contribution >= 4 is 75.1 Å². The van der Waals surface area contributed by atoms with Crippen molar-refractivity contribution in [2.24, 2.45) is 0 Å². The van der Waals surface area contributed by atoms with Gasteiger partial charge in [-0.3, -0.25) is 0 Å². The summed E-state index contributed by atoms with van der Waals surface area (Å²) < 4.78 is 7.42. The van der Waals surface area contributed by atoms with Crippen LogP contribution < -0.4 is 0 Å². The molecule has 4 heterocycles. The van der Waals surface area contributed by atoms with E-state index in [4.69, 9.17) is 15.0 Å². The maximum atomic E-state index is 4.97. The number of hydrogen-bond acceptors (Lipinski definition) is 4. The Morgan fingerprint density at radius 2 is 0.683 bits per heavy atom. The van der Waals surface area contributed by atoms with Gasteiger partial charge in [-0.1, -0.05) is 127 Å². The van der Waals surface area contributed by atoms with Crippen LogP contribution >= 0.6 is 11.3 Å². The van der Waals surface area contributed by atoms with E-state index in [9.17, 15) is 0 Å². The number of benzene rings is 9. The standard InChI is InChI=1S/C57H35N5S/c1-3-13-36(14-4-1)55-58-56(37-15-5-2-6-16-37)60-57(59-55)38-23-27-41(28-24-38)61-49-20-10-7-17-43(49)46-33-39(25-30-51(46)61)40-26-31-52-47(34-40)44-18-8-11-21-50(44)62(52)42-29-32-54-48(35-42)45-19-9-12-22-53(45)63-54/h1-35H. The van der Waals surface area contributed by atoms with E-state index in [2.05, 4.69) is 161 Å². The second-order valence-corrected chi connectivity index (χ2v) is 17.1. The third kappa shape index (κ3) is 5.80. The Morgan fingerprint density at radius 3 is 1.25 bits per heavy atom. The van der Waals surface area contributed by atoms with Gasteiger partial charge in [-0.05, 0) is 96.1 Å². The smallest absolute Gasteiger partial charge is 0.164 e. The van der Waals surface area contributed by atoms with E-state index in [1.165, 1.54) is 69.6 Å². The van der Waals surface area contributed by atoms with Crippen LogP contribution in [-0.2, 0) is 0 Å². The molecule has 0 aliphatic rings. The van der Waals surface area contributed by atoms with Crippen LogP contribution in [0.3, 0.4) is 0 Å². The monoisotopic (exact) mass is 821 g/mol. The van der Waals surface area contributed by atoms with E-state index >= 15 is 0 Å². The fraction of sp³-hybridized carbons (Fsp3) is 0. The molecule has 0 aliphatic carbocycles. The summed E-state index contributed by atoms with van der Waals surface area (Å²) in [5.74, 6) is 1.94. The van der Waals surface area contributed by atoms with Gasteiger partial charge < -0.3 is 9.13 Å². The van der Waals surface area contributed by atoms with Crippen LogP contribution in [0, 0.1) is 0 Å². The summed E-state index contributed by atoms with van der Waals surface area (Å²) in [6.07, 6.45) is 0. The first-order valence-corrected chi connectivity index (χ1v) is 22.0. The largest absolute Gasteiger partial charge is 0.309 e. The van der Waals surface area contributed by atoms with E-state index in [0.29, 0.717) is 17.5 Å². The molecule has 0 radical (unpaired) electrons. The lowest BCUT2D eigenvalue weighted by molar-refractivity contribution is 1.07. The predicted octanol–water partition coefficient (Wildman–Crippen LogP) is 15.1. The highest BCUT2D eigenvalue weighted by atomic mass is 32.1. The maximum Gasteiger partial charge on any atom is 0.164 e. The summed E-state index contributed by atoms with van der Waals surface area (Å²) in [6, 6.07) is 75.8. The Bertz CT molecular complexity index is 3840. The van der Waals surface area contributed by atoms with Crippen LogP contribution in [0.25, 0.3) is 120 Å². The number of para-hydroxylation sites is 2. The minimum absolute atomic E-state index is 0.637. The van der Waals surface area contributed by atoms with Crippen LogP contribution in [0.2, 0.25) is 0 Å². The molecule has 13 aromatic rings. The van der Waals surface area contributed by atoms with Crippen molar-refractivity contribution in [1.82, 2.24) is 24.1 Å². The highest BCUT2D eigenvalue weighted by Gasteiger charge is 2.18. The lowest BCUT2D eigenvalue weighted by Crippen LogP contribution is -2.00. The lowest BCUT2D eigenvalue weighted by Gasteiger charge is -2.11. The number of thiophene rings is 1. The molecular weight excluding hydrogens is 787 g/mol. The van der Waals surface area contributed by atoms with Crippen molar-refractivity contribution in [1.29, 1.82) is 0 Å². The highest BCUT2D eigenvalue weighted by Crippen LogP contribution is 2.40. The summed E-state index contributed by atoms with van der Waals surface area (Å²) in [4.78, 5) is 14.8.